The molecule has 0 radical (unpaired) electrons. The van der Waals surface area contributed by atoms with Crippen LogP contribution in [0.5, 0.6) is 0 Å². The van der Waals surface area contributed by atoms with Gasteiger partial charge in [-0.1, -0.05) is 25.1 Å². The Balaban J connectivity index is 2.15. The van der Waals surface area contributed by atoms with Gasteiger partial charge in [-0.2, -0.15) is 0 Å². The van der Waals surface area contributed by atoms with E-state index in [2.05, 4.69) is 4.98 Å². The summed E-state index contributed by atoms with van der Waals surface area (Å²) in [5.41, 5.74) is 8.83. The van der Waals surface area contributed by atoms with Gasteiger partial charge in [0, 0.05) is 17.7 Å². The molecule has 0 saturated carbocycles. The maximum absolute atomic E-state index is 14.0. The summed E-state index contributed by atoms with van der Waals surface area (Å²) >= 11 is 0. The number of aryl methyl sites for hydroxylation is 1. The van der Waals surface area contributed by atoms with Gasteiger partial charge in [-0.05, 0) is 24.3 Å². The summed E-state index contributed by atoms with van der Waals surface area (Å²) in [7, 11) is 0. The Labute approximate surface area is 116 Å². The van der Waals surface area contributed by atoms with Crippen LogP contribution in [-0.2, 0) is 13.0 Å². The molecule has 1 aromatic heterocycles. The molecule has 0 bridgehead atoms. The van der Waals surface area contributed by atoms with Crippen molar-refractivity contribution in [3.63, 3.8) is 0 Å². The quantitative estimate of drug-likeness (QED) is 0.741. The van der Waals surface area contributed by atoms with Crippen LogP contribution in [0, 0.1) is 5.82 Å². The van der Waals surface area contributed by atoms with Crippen molar-refractivity contribution in [3.05, 3.63) is 59.7 Å². The van der Waals surface area contributed by atoms with Gasteiger partial charge in [-0.15, -0.1) is 0 Å². The topological polar surface area (TPSA) is 43.8 Å². The summed E-state index contributed by atoms with van der Waals surface area (Å²) in [4.78, 5) is 4.59. The molecule has 3 rings (SSSR count). The number of anilines is 1. The number of rotatable bonds is 3. The smallest absolute Gasteiger partial charge is 0.130 e. The van der Waals surface area contributed by atoms with E-state index in [0.29, 0.717) is 17.8 Å². The van der Waals surface area contributed by atoms with Gasteiger partial charge in [0.15, 0.2) is 0 Å². The first-order chi connectivity index (χ1) is 9.70. The number of hydrogen-bond acceptors (Lipinski definition) is 2. The number of benzene rings is 2. The highest BCUT2D eigenvalue weighted by molar-refractivity contribution is 5.76. The first-order valence-electron chi connectivity index (χ1n) is 6.67. The fourth-order valence-corrected chi connectivity index (χ4v) is 2.47. The van der Waals surface area contributed by atoms with E-state index in [1.807, 2.05) is 35.8 Å². The molecule has 20 heavy (non-hydrogen) atoms. The van der Waals surface area contributed by atoms with Gasteiger partial charge in [-0.25, -0.2) is 9.37 Å². The van der Waals surface area contributed by atoms with Crippen molar-refractivity contribution in [1.29, 1.82) is 0 Å². The molecule has 0 unspecified atom stereocenters. The molecular formula is C16H16FN3. The first-order valence-corrected chi connectivity index (χ1v) is 6.67. The van der Waals surface area contributed by atoms with Crippen LogP contribution < -0.4 is 5.73 Å². The molecule has 0 saturated heterocycles. The lowest BCUT2D eigenvalue weighted by atomic mass is 10.1. The largest absolute Gasteiger partial charge is 0.398 e. The zero-order valence-electron chi connectivity index (χ0n) is 11.3. The summed E-state index contributed by atoms with van der Waals surface area (Å²) in [5.74, 6) is 0.665. The van der Waals surface area contributed by atoms with Crippen LogP contribution in [0.15, 0.2) is 42.5 Å². The maximum atomic E-state index is 14.0. The normalized spacial score (nSPS) is 11.1. The molecule has 0 amide bonds. The monoisotopic (exact) mass is 269 g/mol. The fraction of sp³-hybridized carbons (Fsp3) is 0.188. The third-order valence-corrected chi connectivity index (χ3v) is 3.52. The molecule has 3 nitrogen and oxygen atoms in total. The number of halogens is 1. The summed E-state index contributed by atoms with van der Waals surface area (Å²) in [6, 6.07) is 12.7. The number of hydrogen-bond donors (Lipinski definition) is 1. The van der Waals surface area contributed by atoms with E-state index in [-0.39, 0.29) is 5.82 Å². The third kappa shape index (κ3) is 2.03. The van der Waals surface area contributed by atoms with Crippen LogP contribution >= 0.6 is 0 Å². The Morgan fingerprint density at radius 1 is 1.15 bits per heavy atom. The average molecular weight is 269 g/mol. The minimum absolute atomic E-state index is 0.273. The predicted octanol–water partition coefficient (Wildman–Crippen LogP) is 3.37. The van der Waals surface area contributed by atoms with E-state index in [9.17, 15) is 4.39 Å². The second-order valence-electron chi connectivity index (χ2n) is 4.76. The van der Waals surface area contributed by atoms with Gasteiger partial charge in [0.1, 0.15) is 11.6 Å². The number of nitrogens with zero attached hydrogens (tertiary/aromatic N) is 2. The van der Waals surface area contributed by atoms with Gasteiger partial charge < -0.3 is 10.3 Å². The van der Waals surface area contributed by atoms with E-state index in [4.69, 9.17) is 5.73 Å². The lowest BCUT2D eigenvalue weighted by molar-refractivity contribution is 0.599. The van der Waals surface area contributed by atoms with Crippen molar-refractivity contribution in [2.75, 3.05) is 5.73 Å². The Bertz CT molecular complexity index is 741. The molecule has 4 heteroatoms. The highest BCUT2D eigenvalue weighted by Gasteiger charge is 2.13. The van der Waals surface area contributed by atoms with E-state index >= 15 is 0 Å². The Kier molecular flexibility index (Phi) is 3.14. The minimum Gasteiger partial charge on any atom is -0.398 e. The van der Waals surface area contributed by atoms with Gasteiger partial charge in [-0.3, -0.25) is 0 Å². The molecule has 0 atom stereocenters. The number of aromatic nitrogens is 2. The lowest BCUT2D eigenvalue weighted by Crippen LogP contribution is -2.08. The van der Waals surface area contributed by atoms with Crippen molar-refractivity contribution in [3.8, 4) is 0 Å². The molecule has 3 aromatic rings. The Hall–Kier alpha value is -2.36. The number of imidazole rings is 1. The zero-order valence-corrected chi connectivity index (χ0v) is 11.3. The molecule has 2 N–H and O–H groups in total. The molecule has 0 aliphatic heterocycles. The second kappa shape index (κ2) is 4.96. The first kappa shape index (κ1) is 12.7. The zero-order chi connectivity index (χ0) is 14.1. The van der Waals surface area contributed by atoms with E-state index in [1.165, 1.54) is 6.07 Å². The lowest BCUT2D eigenvalue weighted by Gasteiger charge is -2.11. The van der Waals surface area contributed by atoms with Crippen molar-refractivity contribution in [1.82, 2.24) is 9.55 Å². The van der Waals surface area contributed by atoms with Crippen LogP contribution in [0.1, 0.15) is 18.3 Å². The highest BCUT2D eigenvalue weighted by Crippen LogP contribution is 2.22. The summed E-state index contributed by atoms with van der Waals surface area (Å²) < 4.78 is 16.0. The maximum Gasteiger partial charge on any atom is 0.130 e. The molecule has 0 aliphatic carbocycles. The van der Waals surface area contributed by atoms with E-state index in [1.54, 1.807) is 12.1 Å². The molecule has 2 aromatic carbocycles. The van der Waals surface area contributed by atoms with Crippen LogP contribution in [-0.4, -0.2) is 9.55 Å². The highest BCUT2D eigenvalue weighted by atomic mass is 19.1. The summed E-state index contributed by atoms with van der Waals surface area (Å²) in [6.07, 6.45) is 0.795. The standard InChI is InChI=1S/C16H16FN3/c1-2-16-19-14-8-3-4-9-15(14)20(16)10-11-12(17)6-5-7-13(11)18/h3-9H,2,10,18H2,1H3. The SMILES string of the molecule is CCc1nc2ccccc2n1Cc1c(N)cccc1F. The van der Waals surface area contributed by atoms with Crippen molar-refractivity contribution < 1.29 is 4.39 Å². The van der Waals surface area contributed by atoms with E-state index < -0.39 is 0 Å². The molecule has 0 fully saturated rings. The molecule has 0 spiro atoms. The van der Waals surface area contributed by atoms with Crippen molar-refractivity contribution in [2.24, 2.45) is 0 Å². The molecule has 102 valence electrons. The minimum atomic E-state index is -0.273. The third-order valence-electron chi connectivity index (χ3n) is 3.52. The average Bonchev–Trinajstić information content (AvgIpc) is 2.81. The summed E-state index contributed by atoms with van der Waals surface area (Å²) in [5, 5.41) is 0. The number of para-hydroxylation sites is 2. The van der Waals surface area contributed by atoms with Crippen LogP contribution in [0.3, 0.4) is 0 Å². The fourth-order valence-electron chi connectivity index (χ4n) is 2.47. The van der Waals surface area contributed by atoms with Crippen molar-refractivity contribution in [2.45, 2.75) is 19.9 Å². The Morgan fingerprint density at radius 2 is 1.95 bits per heavy atom. The van der Waals surface area contributed by atoms with Gasteiger partial charge in [0.25, 0.3) is 0 Å². The Morgan fingerprint density at radius 3 is 2.70 bits per heavy atom. The van der Waals surface area contributed by atoms with Crippen LogP contribution in [0.2, 0.25) is 0 Å². The number of nitrogen functional groups attached to an aromatic ring is 1. The van der Waals surface area contributed by atoms with Gasteiger partial charge in [0.2, 0.25) is 0 Å². The summed E-state index contributed by atoms with van der Waals surface area (Å²) in [6.45, 7) is 2.45. The number of fused-ring (bicyclic) bond motifs is 1. The predicted molar refractivity (Wildman–Crippen MR) is 79.0 cm³/mol. The molecular weight excluding hydrogens is 253 g/mol. The van der Waals surface area contributed by atoms with E-state index in [0.717, 1.165) is 23.3 Å². The van der Waals surface area contributed by atoms with Crippen LogP contribution in [0.4, 0.5) is 10.1 Å². The van der Waals surface area contributed by atoms with Gasteiger partial charge >= 0.3 is 0 Å². The van der Waals surface area contributed by atoms with Gasteiger partial charge in [0.05, 0.1) is 17.6 Å². The number of nitrogens with two attached hydrogens (primary N) is 1. The second-order valence-corrected chi connectivity index (χ2v) is 4.76. The van der Waals surface area contributed by atoms with Crippen LogP contribution in [0.25, 0.3) is 11.0 Å². The molecule has 0 aliphatic rings. The van der Waals surface area contributed by atoms with Crippen molar-refractivity contribution >= 4 is 16.7 Å². The molecule has 1 heterocycles.